The second-order valence-corrected chi connectivity index (χ2v) is 6.55. The number of hydrogen-bond acceptors (Lipinski definition) is 5. The third-order valence-corrected chi connectivity index (χ3v) is 4.66. The lowest BCUT2D eigenvalue weighted by Crippen LogP contribution is -2.06. The van der Waals surface area contributed by atoms with Crippen LogP contribution in [0.25, 0.3) is 16.9 Å². The van der Waals surface area contributed by atoms with Crippen LogP contribution in [0.2, 0.25) is 0 Å². The van der Waals surface area contributed by atoms with E-state index < -0.39 is 0 Å². The zero-order chi connectivity index (χ0) is 17.1. The Balaban J connectivity index is 1.49. The van der Waals surface area contributed by atoms with Gasteiger partial charge in [-0.15, -0.1) is 16.4 Å². The predicted octanol–water partition coefficient (Wildman–Crippen LogP) is 4.56. The second-order valence-electron chi connectivity index (χ2n) is 5.69. The molecule has 0 radical (unpaired) electrons. The van der Waals surface area contributed by atoms with Crippen LogP contribution in [0.3, 0.4) is 0 Å². The van der Waals surface area contributed by atoms with E-state index in [-0.39, 0.29) is 6.04 Å². The number of rotatable bonds is 5. The largest absolute Gasteiger partial charge is 0.353 e. The molecule has 0 amide bonds. The van der Waals surface area contributed by atoms with E-state index in [4.69, 9.17) is 0 Å². The van der Waals surface area contributed by atoms with Gasteiger partial charge in [0, 0.05) is 10.9 Å². The van der Waals surface area contributed by atoms with Crippen LogP contribution in [-0.2, 0) is 0 Å². The van der Waals surface area contributed by atoms with Crippen molar-refractivity contribution in [2.75, 3.05) is 5.32 Å². The highest BCUT2D eigenvalue weighted by molar-refractivity contribution is 7.14. The summed E-state index contributed by atoms with van der Waals surface area (Å²) in [4.78, 5) is 4.66. The monoisotopic (exact) mass is 347 g/mol. The Bertz CT molecular complexity index is 946. The summed E-state index contributed by atoms with van der Waals surface area (Å²) in [6.07, 6.45) is 1.94. The van der Waals surface area contributed by atoms with Crippen LogP contribution < -0.4 is 5.32 Å². The van der Waals surface area contributed by atoms with Crippen molar-refractivity contribution >= 4 is 16.5 Å². The lowest BCUT2D eigenvalue weighted by molar-refractivity contribution is 0.781. The summed E-state index contributed by atoms with van der Waals surface area (Å²) in [7, 11) is 0. The summed E-state index contributed by atoms with van der Waals surface area (Å²) >= 11 is 1.59. The van der Waals surface area contributed by atoms with Gasteiger partial charge >= 0.3 is 0 Å². The van der Waals surface area contributed by atoms with Gasteiger partial charge in [0.1, 0.15) is 5.69 Å². The van der Waals surface area contributed by atoms with Gasteiger partial charge in [-0.25, -0.2) is 9.67 Å². The number of thiazole rings is 1. The molecule has 2 heterocycles. The van der Waals surface area contributed by atoms with Gasteiger partial charge in [-0.1, -0.05) is 53.7 Å². The summed E-state index contributed by atoms with van der Waals surface area (Å²) in [6, 6.07) is 20.2. The summed E-state index contributed by atoms with van der Waals surface area (Å²) in [5.74, 6) is 0. The molecule has 4 rings (SSSR count). The van der Waals surface area contributed by atoms with E-state index in [2.05, 4.69) is 45.0 Å². The standard InChI is InChI=1S/C19H17N5S/c1-14(17-12-24(23-22-17)16-10-6-3-7-11-16)20-19-21-18(13-25-19)15-8-4-2-5-9-15/h2-14H,1H3,(H,20,21). The molecule has 0 aliphatic heterocycles. The number of anilines is 1. The number of nitrogens with one attached hydrogen (secondary N) is 1. The molecule has 1 atom stereocenters. The molecule has 2 aromatic heterocycles. The van der Waals surface area contributed by atoms with E-state index in [1.807, 2.05) is 54.7 Å². The van der Waals surface area contributed by atoms with Gasteiger partial charge in [-0.2, -0.15) is 0 Å². The van der Waals surface area contributed by atoms with Crippen molar-refractivity contribution in [3.8, 4) is 16.9 Å². The molecule has 0 bridgehead atoms. The first-order chi connectivity index (χ1) is 12.3. The summed E-state index contributed by atoms with van der Waals surface area (Å²) < 4.78 is 1.78. The first-order valence-electron chi connectivity index (χ1n) is 8.05. The molecule has 124 valence electrons. The fourth-order valence-electron chi connectivity index (χ4n) is 2.52. The minimum absolute atomic E-state index is 0.0206. The van der Waals surface area contributed by atoms with Crippen molar-refractivity contribution in [1.29, 1.82) is 0 Å². The Labute approximate surface area is 150 Å². The Morgan fingerprint density at radius 1 is 1.00 bits per heavy atom. The molecule has 4 aromatic rings. The van der Waals surface area contributed by atoms with E-state index in [0.717, 1.165) is 27.8 Å². The molecular weight excluding hydrogens is 330 g/mol. The van der Waals surface area contributed by atoms with Crippen LogP contribution in [0, 0.1) is 0 Å². The molecule has 0 spiro atoms. The first kappa shape index (κ1) is 15.5. The fraction of sp³-hybridized carbons (Fsp3) is 0.105. The van der Waals surface area contributed by atoms with Crippen molar-refractivity contribution < 1.29 is 0 Å². The van der Waals surface area contributed by atoms with Crippen LogP contribution in [0.4, 0.5) is 5.13 Å². The van der Waals surface area contributed by atoms with Crippen molar-refractivity contribution in [2.24, 2.45) is 0 Å². The number of para-hydroxylation sites is 1. The van der Waals surface area contributed by atoms with Crippen molar-refractivity contribution in [1.82, 2.24) is 20.0 Å². The minimum Gasteiger partial charge on any atom is -0.353 e. The van der Waals surface area contributed by atoms with Gasteiger partial charge in [-0.3, -0.25) is 0 Å². The highest BCUT2D eigenvalue weighted by Crippen LogP contribution is 2.27. The molecule has 0 fully saturated rings. The fourth-order valence-corrected chi connectivity index (χ4v) is 3.33. The molecule has 0 saturated heterocycles. The van der Waals surface area contributed by atoms with Gasteiger partial charge in [0.05, 0.1) is 23.6 Å². The zero-order valence-electron chi connectivity index (χ0n) is 13.7. The molecule has 25 heavy (non-hydrogen) atoms. The van der Waals surface area contributed by atoms with Crippen LogP contribution >= 0.6 is 11.3 Å². The van der Waals surface area contributed by atoms with E-state index in [0.29, 0.717) is 0 Å². The van der Waals surface area contributed by atoms with E-state index in [1.54, 1.807) is 16.0 Å². The van der Waals surface area contributed by atoms with Gasteiger partial charge in [-0.05, 0) is 19.1 Å². The number of hydrogen-bond donors (Lipinski definition) is 1. The van der Waals surface area contributed by atoms with Gasteiger partial charge in [0.25, 0.3) is 0 Å². The average molecular weight is 347 g/mol. The third-order valence-electron chi connectivity index (χ3n) is 3.89. The Morgan fingerprint density at radius 3 is 2.48 bits per heavy atom. The average Bonchev–Trinajstić information content (AvgIpc) is 3.33. The molecule has 6 heteroatoms. The highest BCUT2D eigenvalue weighted by Gasteiger charge is 2.13. The normalized spacial score (nSPS) is 12.0. The smallest absolute Gasteiger partial charge is 0.183 e. The maximum Gasteiger partial charge on any atom is 0.183 e. The van der Waals surface area contributed by atoms with Crippen molar-refractivity contribution in [2.45, 2.75) is 13.0 Å². The molecule has 1 unspecified atom stereocenters. The SMILES string of the molecule is CC(Nc1nc(-c2ccccc2)cs1)c1cn(-c2ccccc2)nn1. The number of aromatic nitrogens is 4. The molecule has 1 N–H and O–H groups in total. The minimum atomic E-state index is 0.0206. The van der Waals surface area contributed by atoms with E-state index in [1.165, 1.54) is 0 Å². The topological polar surface area (TPSA) is 55.6 Å². The van der Waals surface area contributed by atoms with Crippen LogP contribution in [-0.4, -0.2) is 20.0 Å². The van der Waals surface area contributed by atoms with Gasteiger partial charge in [0.2, 0.25) is 0 Å². The Hall–Kier alpha value is -2.99. The molecule has 0 saturated carbocycles. The Kier molecular flexibility index (Phi) is 4.26. The first-order valence-corrected chi connectivity index (χ1v) is 8.93. The van der Waals surface area contributed by atoms with Gasteiger partial charge in [0.15, 0.2) is 5.13 Å². The highest BCUT2D eigenvalue weighted by atomic mass is 32.1. The molecule has 2 aromatic carbocycles. The third kappa shape index (κ3) is 3.44. The lowest BCUT2D eigenvalue weighted by atomic mass is 10.2. The Morgan fingerprint density at radius 2 is 1.72 bits per heavy atom. The second kappa shape index (κ2) is 6.86. The van der Waals surface area contributed by atoms with Crippen molar-refractivity contribution in [3.63, 3.8) is 0 Å². The zero-order valence-corrected chi connectivity index (χ0v) is 14.5. The molecule has 0 aliphatic rings. The predicted molar refractivity (Wildman–Crippen MR) is 101 cm³/mol. The molecule has 0 aliphatic carbocycles. The molecular formula is C19H17N5S. The summed E-state index contributed by atoms with van der Waals surface area (Å²) in [5.41, 5.74) is 3.97. The van der Waals surface area contributed by atoms with Crippen molar-refractivity contribution in [3.05, 3.63) is 77.9 Å². The van der Waals surface area contributed by atoms with Crippen LogP contribution in [0.1, 0.15) is 18.7 Å². The van der Waals surface area contributed by atoms with E-state index >= 15 is 0 Å². The van der Waals surface area contributed by atoms with Crippen LogP contribution in [0.15, 0.2) is 72.2 Å². The number of nitrogens with zero attached hydrogens (tertiary/aromatic N) is 4. The number of benzene rings is 2. The maximum atomic E-state index is 4.66. The van der Waals surface area contributed by atoms with E-state index in [9.17, 15) is 0 Å². The molecule has 5 nitrogen and oxygen atoms in total. The van der Waals surface area contributed by atoms with Crippen LogP contribution in [0.5, 0.6) is 0 Å². The lowest BCUT2D eigenvalue weighted by Gasteiger charge is -2.08. The maximum absolute atomic E-state index is 4.66. The van der Waals surface area contributed by atoms with Gasteiger partial charge < -0.3 is 5.32 Å². The summed E-state index contributed by atoms with van der Waals surface area (Å²) in [5, 5.41) is 14.8. The quantitative estimate of drug-likeness (QED) is 0.575. The summed E-state index contributed by atoms with van der Waals surface area (Å²) in [6.45, 7) is 2.06.